The van der Waals surface area contributed by atoms with Crippen LogP contribution in [0.25, 0.3) is 0 Å². The molecule has 0 bridgehead atoms. The van der Waals surface area contributed by atoms with Crippen molar-refractivity contribution in [2.24, 2.45) is 0 Å². The second-order valence-corrected chi connectivity index (χ2v) is 3.91. The van der Waals surface area contributed by atoms with Crippen LogP contribution in [-0.4, -0.2) is 34.3 Å². The monoisotopic (exact) mass is 223 g/mol. The topological polar surface area (TPSA) is 50.5 Å². The van der Waals surface area contributed by atoms with Gasteiger partial charge < -0.3 is 20.7 Å². The third kappa shape index (κ3) is 2.79. The summed E-state index contributed by atoms with van der Waals surface area (Å²) in [4.78, 5) is 2.19. The van der Waals surface area contributed by atoms with E-state index in [1.54, 1.807) is 7.11 Å². The number of nitrogens with zero attached hydrogens (tertiary/aromatic N) is 1. The summed E-state index contributed by atoms with van der Waals surface area (Å²) in [5, 5.41) is 3.13. The highest BCUT2D eigenvalue weighted by Gasteiger charge is 2.08. The van der Waals surface area contributed by atoms with Crippen molar-refractivity contribution in [1.29, 1.82) is 0 Å². The molecule has 0 aliphatic rings. The number of likely N-dealkylation sites (N-methyl/N-ethyl adjacent to an activating group) is 2. The van der Waals surface area contributed by atoms with Crippen LogP contribution in [0.2, 0.25) is 0 Å². The van der Waals surface area contributed by atoms with Crippen LogP contribution in [0.3, 0.4) is 0 Å². The Morgan fingerprint density at radius 3 is 2.69 bits per heavy atom. The van der Waals surface area contributed by atoms with Crippen LogP contribution in [0.15, 0.2) is 12.1 Å². The van der Waals surface area contributed by atoms with Crippen molar-refractivity contribution in [2.45, 2.75) is 6.92 Å². The molecule has 4 nitrogen and oxygen atoms in total. The van der Waals surface area contributed by atoms with E-state index in [9.17, 15) is 0 Å². The van der Waals surface area contributed by atoms with Crippen molar-refractivity contribution in [1.82, 2.24) is 5.32 Å². The van der Waals surface area contributed by atoms with Gasteiger partial charge in [-0.15, -0.1) is 0 Å². The van der Waals surface area contributed by atoms with Crippen molar-refractivity contribution < 1.29 is 4.74 Å². The maximum atomic E-state index is 5.85. The van der Waals surface area contributed by atoms with Crippen molar-refractivity contribution in [3.05, 3.63) is 17.7 Å². The van der Waals surface area contributed by atoms with Gasteiger partial charge in [0.05, 0.1) is 12.8 Å². The molecule has 16 heavy (non-hydrogen) atoms. The van der Waals surface area contributed by atoms with E-state index < -0.39 is 0 Å². The van der Waals surface area contributed by atoms with Gasteiger partial charge >= 0.3 is 0 Å². The second kappa shape index (κ2) is 5.61. The van der Waals surface area contributed by atoms with Crippen molar-refractivity contribution >= 4 is 11.4 Å². The zero-order valence-electron chi connectivity index (χ0n) is 10.5. The average Bonchev–Trinajstić information content (AvgIpc) is 2.26. The van der Waals surface area contributed by atoms with E-state index in [1.165, 1.54) is 0 Å². The Hall–Kier alpha value is -1.42. The molecule has 4 heteroatoms. The van der Waals surface area contributed by atoms with E-state index in [4.69, 9.17) is 10.5 Å². The standard InChI is InChI=1S/C12H21N3O/c1-9-7-10(13)12(16-4)8-11(9)15(3)6-5-14-2/h7-8,14H,5-6,13H2,1-4H3. The van der Waals surface area contributed by atoms with E-state index in [0.717, 1.165) is 30.1 Å². The van der Waals surface area contributed by atoms with Gasteiger partial charge in [-0.2, -0.15) is 0 Å². The number of hydrogen-bond donors (Lipinski definition) is 2. The van der Waals surface area contributed by atoms with Crippen LogP contribution < -0.4 is 20.7 Å². The first-order valence-corrected chi connectivity index (χ1v) is 5.40. The summed E-state index contributed by atoms with van der Waals surface area (Å²) < 4.78 is 5.23. The van der Waals surface area contributed by atoms with E-state index in [0.29, 0.717) is 5.69 Å². The van der Waals surface area contributed by atoms with Gasteiger partial charge in [-0.25, -0.2) is 0 Å². The lowest BCUT2D eigenvalue weighted by atomic mass is 10.1. The summed E-state index contributed by atoms with van der Waals surface area (Å²) in [6, 6.07) is 3.93. The number of nitrogens with one attached hydrogen (secondary N) is 1. The molecule has 0 aromatic heterocycles. The van der Waals surface area contributed by atoms with Gasteiger partial charge in [0.2, 0.25) is 0 Å². The molecule has 1 rings (SSSR count). The summed E-state index contributed by atoms with van der Waals surface area (Å²) in [6.45, 7) is 3.95. The molecule has 0 fully saturated rings. The quantitative estimate of drug-likeness (QED) is 0.737. The molecule has 3 N–H and O–H groups in total. The summed E-state index contributed by atoms with van der Waals surface area (Å²) in [5.74, 6) is 0.733. The van der Waals surface area contributed by atoms with Crippen molar-refractivity contribution in [3.8, 4) is 5.75 Å². The molecular weight excluding hydrogens is 202 g/mol. The predicted octanol–water partition coefficient (Wildman–Crippen LogP) is 1.24. The zero-order chi connectivity index (χ0) is 12.1. The number of aryl methyl sites for hydroxylation is 1. The molecular formula is C12H21N3O. The number of hydrogen-bond acceptors (Lipinski definition) is 4. The van der Waals surface area contributed by atoms with Gasteiger partial charge in [-0.1, -0.05) is 0 Å². The smallest absolute Gasteiger partial charge is 0.143 e. The summed E-state index contributed by atoms with van der Waals surface area (Å²) in [6.07, 6.45) is 0. The Morgan fingerprint density at radius 1 is 1.44 bits per heavy atom. The normalized spacial score (nSPS) is 10.2. The van der Waals surface area contributed by atoms with E-state index in [2.05, 4.69) is 24.2 Å². The summed E-state index contributed by atoms with van der Waals surface area (Å²) in [7, 11) is 5.65. The van der Waals surface area contributed by atoms with E-state index in [-0.39, 0.29) is 0 Å². The number of nitrogen functional groups attached to an aromatic ring is 1. The Morgan fingerprint density at radius 2 is 2.12 bits per heavy atom. The molecule has 0 aliphatic carbocycles. The number of methoxy groups -OCH3 is 1. The molecule has 0 amide bonds. The van der Waals surface area contributed by atoms with Gasteiger partial charge in [0.15, 0.2) is 0 Å². The van der Waals surface area contributed by atoms with Gasteiger partial charge in [0, 0.05) is 31.9 Å². The Kier molecular flexibility index (Phi) is 4.43. The minimum atomic E-state index is 0.686. The molecule has 90 valence electrons. The van der Waals surface area contributed by atoms with Gasteiger partial charge in [-0.05, 0) is 25.6 Å². The van der Waals surface area contributed by atoms with Crippen LogP contribution in [0.5, 0.6) is 5.75 Å². The minimum absolute atomic E-state index is 0.686. The number of benzene rings is 1. The molecule has 0 atom stereocenters. The fourth-order valence-corrected chi connectivity index (χ4v) is 1.69. The predicted molar refractivity (Wildman–Crippen MR) is 69.3 cm³/mol. The highest BCUT2D eigenvalue weighted by molar-refractivity contribution is 5.66. The van der Waals surface area contributed by atoms with Crippen molar-refractivity contribution in [3.63, 3.8) is 0 Å². The summed E-state index contributed by atoms with van der Waals surface area (Å²) >= 11 is 0. The van der Waals surface area contributed by atoms with Gasteiger partial charge in [0.25, 0.3) is 0 Å². The average molecular weight is 223 g/mol. The zero-order valence-corrected chi connectivity index (χ0v) is 10.5. The summed E-state index contributed by atoms with van der Waals surface area (Å²) in [5.41, 5.74) is 8.85. The van der Waals surface area contributed by atoms with Crippen molar-refractivity contribution in [2.75, 3.05) is 44.9 Å². The van der Waals surface area contributed by atoms with Crippen LogP contribution >= 0.6 is 0 Å². The Labute approximate surface area is 97.4 Å². The fourth-order valence-electron chi connectivity index (χ4n) is 1.69. The minimum Gasteiger partial charge on any atom is -0.495 e. The number of rotatable bonds is 5. The largest absolute Gasteiger partial charge is 0.495 e. The highest BCUT2D eigenvalue weighted by atomic mass is 16.5. The molecule has 1 aromatic carbocycles. The molecule has 0 radical (unpaired) electrons. The highest BCUT2D eigenvalue weighted by Crippen LogP contribution is 2.30. The number of ether oxygens (including phenoxy) is 1. The third-order valence-electron chi connectivity index (χ3n) is 2.66. The third-order valence-corrected chi connectivity index (χ3v) is 2.66. The lowest BCUT2D eigenvalue weighted by Crippen LogP contribution is -2.27. The van der Waals surface area contributed by atoms with Crippen LogP contribution in [-0.2, 0) is 0 Å². The van der Waals surface area contributed by atoms with Crippen LogP contribution in [0.4, 0.5) is 11.4 Å². The maximum Gasteiger partial charge on any atom is 0.143 e. The lowest BCUT2D eigenvalue weighted by molar-refractivity contribution is 0.417. The molecule has 0 spiro atoms. The lowest BCUT2D eigenvalue weighted by Gasteiger charge is -2.22. The van der Waals surface area contributed by atoms with Crippen LogP contribution in [0, 0.1) is 6.92 Å². The first-order valence-electron chi connectivity index (χ1n) is 5.40. The molecule has 0 saturated heterocycles. The molecule has 1 aromatic rings. The number of anilines is 2. The first kappa shape index (κ1) is 12.6. The Balaban J connectivity index is 2.94. The second-order valence-electron chi connectivity index (χ2n) is 3.91. The fraction of sp³-hybridized carbons (Fsp3) is 0.500. The molecule has 0 unspecified atom stereocenters. The molecule has 0 aliphatic heterocycles. The van der Waals surface area contributed by atoms with E-state index >= 15 is 0 Å². The molecule has 0 saturated carbocycles. The number of nitrogens with two attached hydrogens (primary N) is 1. The van der Waals surface area contributed by atoms with Gasteiger partial charge in [-0.3, -0.25) is 0 Å². The molecule has 0 heterocycles. The first-order chi connectivity index (χ1) is 7.60. The Bertz CT molecular complexity index is 352. The SMILES string of the molecule is CNCCN(C)c1cc(OC)c(N)cc1C. The van der Waals surface area contributed by atoms with E-state index in [1.807, 2.05) is 19.2 Å². The maximum absolute atomic E-state index is 5.85. The van der Waals surface area contributed by atoms with Crippen LogP contribution in [0.1, 0.15) is 5.56 Å². The van der Waals surface area contributed by atoms with Gasteiger partial charge in [0.1, 0.15) is 5.75 Å².